The van der Waals surface area contributed by atoms with E-state index in [-0.39, 0.29) is 23.2 Å². The quantitative estimate of drug-likeness (QED) is 0.281. The number of nitrogens with one attached hydrogen (secondary N) is 1. The van der Waals surface area contributed by atoms with Crippen molar-refractivity contribution in [2.75, 3.05) is 5.32 Å². The van der Waals surface area contributed by atoms with Gasteiger partial charge in [0.25, 0.3) is 0 Å². The van der Waals surface area contributed by atoms with Crippen LogP contribution in [0, 0.1) is 17.8 Å². The molecule has 7 rings (SSSR count). The number of aromatic nitrogens is 1. The summed E-state index contributed by atoms with van der Waals surface area (Å²) in [4.78, 5) is 27.7. The fraction of sp³-hybridized carbons (Fsp3) is 0.310. The van der Waals surface area contributed by atoms with E-state index in [1.807, 2.05) is 54.2 Å². The second kappa shape index (κ2) is 8.89. The van der Waals surface area contributed by atoms with Gasteiger partial charge in [-0.15, -0.1) is 11.8 Å². The summed E-state index contributed by atoms with van der Waals surface area (Å²) in [5.41, 5.74) is 2.07. The van der Waals surface area contributed by atoms with Crippen molar-refractivity contribution in [3.05, 3.63) is 91.3 Å². The van der Waals surface area contributed by atoms with Crippen molar-refractivity contribution >= 4 is 61.4 Å². The highest BCUT2D eigenvalue weighted by molar-refractivity contribution is 9.10. The molecular weight excluding hydrogens is 552 g/mol. The van der Waals surface area contributed by atoms with Gasteiger partial charge in [0.2, 0.25) is 5.91 Å². The van der Waals surface area contributed by atoms with Gasteiger partial charge in [-0.25, -0.2) is 0 Å². The molecule has 1 amide bonds. The summed E-state index contributed by atoms with van der Waals surface area (Å²) >= 11 is 6.80. The SMILES string of the molecule is O=C(Cn1c2c(sc1=O)[C@@H](c1ccc(Br)cc1)[C@@H]1[C@H]3CC[C@@H](C3)[C@H]1S2)Nc1cccc2ccccc12. The van der Waals surface area contributed by atoms with E-state index in [2.05, 4.69) is 45.5 Å². The zero-order valence-electron chi connectivity index (χ0n) is 19.5. The molecule has 7 heteroatoms. The minimum atomic E-state index is -0.162. The molecule has 5 atom stereocenters. The van der Waals surface area contributed by atoms with Gasteiger partial charge in [0.05, 0.1) is 5.03 Å². The third-order valence-electron chi connectivity index (χ3n) is 8.29. The maximum Gasteiger partial charge on any atom is 0.308 e. The lowest BCUT2D eigenvalue weighted by atomic mass is 9.75. The van der Waals surface area contributed by atoms with Crippen molar-refractivity contribution in [2.24, 2.45) is 17.8 Å². The minimum absolute atomic E-state index is 0.0324. The molecule has 1 aromatic heterocycles. The average molecular weight is 578 g/mol. The number of anilines is 1. The molecule has 36 heavy (non-hydrogen) atoms. The summed E-state index contributed by atoms with van der Waals surface area (Å²) in [6.07, 6.45) is 3.89. The summed E-state index contributed by atoms with van der Waals surface area (Å²) in [6.45, 7) is 0.0411. The number of amides is 1. The summed E-state index contributed by atoms with van der Waals surface area (Å²) in [5.74, 6) is 2.08. The van der Waals surface area contributed by atoms with Gasteiger partial charge in [-0.2, -0.15) is 0 Å². The summed E-state index contributed by atoms with van der Waals surface area (Å²) < 4.78 is 2.80. The second-order valence-electron chi connectivity index (χ2n) is 10.2. The van der Waals surface area contributed by atoms with E-state index in [1.165, 1.54) is 36.2 Å². The largest absolute Gasteiger partial charge is 0.324 e. The Kier molecular flexibility index (Phi) is 5.64. The van der Waals surface area contributed by atoms with E-state index < -0.39 is 0 Å². The standard InChI is InChI=1S/C29H25BrN2O2S2/c30-20-12-10-17(11-13-20)24-25-18-8-9-19(14-18)26(25)35-28-27(24)36-29(34)32(28)15-23(33)31-22-7-3-5-16-4-1-2-6-21(16)22/h1-7,10-13,18-19,24-26H,8-9,14-15H2,(H,31,33)/t18-,19-,24-,25-,26+/m0/s1. The van der Waals surface area contributed by atoms with Gasteiger partial charge in [-0.3, -0.25) is 14.2 Å². The monoisotopic (exact) mass is 576 g/mol. The van der Waals surface area contributed by atoms with E-state index in [1.54, 1.807) is 4.57 Å². The Hall–Kier alpha value is -2.35. The number of nitrogens with zero attached hydrogens (tertiary/aromatic N) is 1. The molecule has 0 unspecified atom stereocenters. The topological polar surface area (TPSA) is 51.1 Å². The lowest BCUT2D eigenvalue weighted by Gasteiger charge is -2.40. The van der Waals surface area contributed by atoms with Gasteiger partial charge in [-0.1, -0.05) is 75.8 Å². The Balaban J connectivity index is 1.25. The molecule has 3 aromatic carbocycles. The number of carbonyl (C=O) groups is 1. The molecule has 2 fully saturated rings. The van der Waals surface area contributed by atoms with Crippen LogP contribution in [-0.2, 0) is 11.3 Å². The molecule has 0 radical (unpaired) electrons. The summed E-state index contributed by atoms with van der Waals surface area (Å²) in [5, 5.41) is 6.69. The third kappa shape index (κ3) is 3.70. The second-order valence-corrected chi connectivity index (χ2v) is 13.3. The van der Waals surface area contributed by atoms with Crippen molar-refractivity contribution in [3.63, 3.8) is 0 Å². The first-order valence-corrected chi connectivity index (χ1v) is 15.0. The van der Waals surface area contributed by atoms with E-state index >= 15 is 0 Å². The fourth-order valence-electron chi connectivity index (χ4n) is 6.80. The molecule has 4 aromatic rings. The Morgan fingerprint density at radius 3 is 2.64 bits per heavy atom. The molecule has 1 aliphatic heterocycles. The van der Waals surface area contributed by atoms with Crippen LogP contribution in [0.4, 0.5) is 5.69 Å². The van der Waals surface area contributed by atoms with Crippen LogP contribution in [0.25, 0.3) is 10.8 Å². The maximum atomic E-state index is 13.3. The lowest BCUT2D eigenvalue weighted by Crippen LogP contribution is -2.34. The molecular formula is C29H25BrN2O2S2. The highest BCUT2D eigenvalue weighted by atomic mass is 79.9. The number of carbonyl (C=O) groups excluding carboxylic acids is 1. The average Bonchev–Trinajstić information content (AvgIpc) is 3.58. The van der Waals surface area contributed by atoms with Gasteiger partial charge in [-0.05, 0) is 66.2 Å². The van der Waals surface area contributed by atoms with Crippen molar-refractivity contribution in [2.45, 2.75) is 42.0 Å². The van der Waals surface area contributed by atoms with Crippen molar-refractivity contribution < 1.29 is 4.79 Å². The predicted octanol–water partition coefficient (Wildman–Crippen LogP) is 7.12. The number of thiazole rings is 1. The van der Waals surface area contributed by atoms with Crippen LogP contribution in [0.2, 0.25) is 0 Å². The molecule has 0 spiro atoms. The van der Waals surface area contributed by atoms with Gasteiger partial charge >= 0.3 is 4.87 Å². The third-order valence-corrected chi connectivity index (χ3v) is 11.6. The highest BCUT2D eigenvalue weighted by Gasteiger charge is 2.55. The molecule has 1 N–H and O–H groups in total. The number of fused-ring (bicyclic) bond motifs is 7. The van der Waals surface area contributed by atoms with Gasteiger partial charge in [0.1, 0.15) is 6.54 Å². The highest BCUT2D eigenvalue weighted by Crippen LogP contribution is 2.64. The first-order valence-electron chi connectivity index (χ1n) is 12.5. The molecule has 2 saturated carbocycles. The van der Waals surface area contributed by atoms with Crippen LogP contribution >= 0.6 is 39.0 Å². The lowest BCUT2D eigenvalue weighted by molar-refractivity contribution is -0.116. The van der Waals surface area contributed by atoms with E-state index in [9.17, 15) is 9.59 Å². The molecule has 182 valence electrons. The van der Waals surface area contributed by atoms with Crippen LogP contribution in [0.5, 0.6) is 0 Å². The Morgan fingerprint density at radius 1 is 1.00 bits per heavy atom. The first-order chi connectivity index (χ1) is 17.6. The van der Waals surface area contributed by atoms with E-state index in [0.29, 0.717) is 17.1 Å². The number of rotatable bonds is 4. The maximum absolute atomic E-state index is 13.3. The van der Waals surface area contributed by atoms with Gasteiger partial charge in [0, 0.05) is 31.6 Å². The number of hydrogen-bond acceptors (Lipinski definition) is 4. The van der Waals surface area contributed by atoms with Crippen molar-refractivity contribution in [1.29, 1.82) is 0 Å². The Morgan fingerprint density at radius 2 is 1.78 bits per heavy atom. The van der Waals surface area contributed by atoms with Crippen LogP contribution in [-0.4, -0.2) is 15.7 Å². The number of thioether (sulfide) groups is 1. The Bertz CT molecular complexity index is 1540. The Labute approximate surface area is 226 Å². The van der Waals surface area contributed by atoms with E-state index in [4.69, 9.17) is 0 Å². The first kappa shape index (κ1) is 22.8. The number of hydrogen-bond donors (Lipinski definition) is 1. The smallest absolute Gasteiger partial charge is 0.308 e. The molecule has 0 saturated heterocycles. The van der Waals surface area contributed by atoms with Crippen LogP contribution in [0.3, 0.4) is 0 Å². The molecule has 2 heterocycles. The zero-order valence-corrected chi connectivity index (χ0v) is 22.7. The van der Waals surface area contributed by atoms with Crippen molar-refractivity contribution in [3.8, 4) is 0 Å². The minimum Gasteiger partial charge on any atom is -0.324 e. The zero-order chi connectivity index (χ0) is 24.4. The predicted molar refractivity (Wildman–Crippen MR) is 151 cm³/mol. The molecule has 4 nitrogen and oxygen atoms in total. The normalized spacial score (nSPS) is 26.1. The summed E-state index contributed by atoms with van der Waals surface area (Å²) in [7, 11) is 0. The fourth-order valence-corrected chi connectivity index (χ4v) is 10.2. The van der Waals surface area contributed by atoms with Crippen LogP contribution < -0.4 is 10.2 Å². The van der Waals surface area contributed by atoms with Crippen LogP contribution in [0.15, 0.2) is 81.0 Å². The van der Waals surface area contributed by atoms with E-state index in [0.717, 1.165) is 36.8 Å². The van der Waals surface area contributed by atoms with Crippen LogP contribution in [0.1, 0.15) is 35.6 Å². The number of benzene rings is 3. The molecule has 2 aliphatic carbocycles. The summed E-state index contributed by atoms with van der Waals surface area (Å²) in [6, 6.07) is 22.6. The van der Waals surface area contributed by atoms with Gasteiger partial charge in [0.15, 0.2) is 0 Å². The number of halogens is 1. The molecule has 2 bridgehead atoms. The molecule has 3 aliphatic rings. The van der Waals surface area contributed by atoms with Gasteiger partial charge < -0.3 is 5.32 Å². The van der Waals surface area contributed by atoms with Crippen molar-refractivity contribution in [1.82, 2.24) is 4.57 Å².